The lowest BCUT2D eigenvalue weighted by atomic mass is 9.99. The summed E-state index contributed by atoms with van der Waals surface area (Å²) < 4.78 is 1.80. The molecule has 1 aromatic heterocycles. The zero-order chi connectivity index (χ0) is 17.5. The van der Waals surface area contributed by atoms with Crippen LogP contribution in [-0.2, 0) is 18.3 Å². The van der Waals surface area contributed by atoms with E-state index in [1.54, 1.807) is 10.9 Å². The van der Waals surface area contributed by atoms with E-state index in [9.17, 15) is 4.79 Å². The number of nitrogens with one attached hydrogen (secondary N) is 1. The smallest absolute Gasteiger partial charge is 0.230 e. The molecule has 1 N–H and O–H groups in total. The van der Waals surface area contributed by atoms with Crippen molar-refractivity contribution in [1.29, 1.82) is 0 Å². The highest BCUT2D eigenvalue weighted by Crippen LogP contribution is 2.19. The standard InChI is InChI=1S/C19H20N4OS/c1-23-14-20-22-19(23)25-13-18(24)21-17(16-10-6-3-7-11-16)12-15-8-4-2-5-9-15/h2-11,14,17H,12-13H2,1H3,(H,21,24). The number of amides is 1. The Balaban J connectivity index is 1.66. The number of benzene rings is 2. The number of thioether (sulfide) groups is 1. The van der Waals surface area contributed by atoms with Gasteiger partial charge in [-0.25, -0.2) is 0 Å². The van der Waals surface area contributed by atoms with E-state index in [1.807, 2.05) is 55.6 Å². The predicted octanol–water partition coefficient (Wildman–Crippen LogP) is 3.01. The number of hydrogen-bond acceptors (Lipinski definition) is 4. The Labute approximate surface area is 151 Å². The molecular weight excluding hydrogens is 332 g/mol. The van der Waals surface area contributed by atoms with E-state index in [4.69, 9.17) is 0 Å². The second-order valence-corrected chi connectivity index (χ2v) is 6.68. The molecule has 0 aliphatic heterocycles. The molecule has 1 unspecified atom stereocenters. The molecular formula is C19H20N4OS. The molecule has 128 valence electrons. The van der Waals surface area contributed by atoms with Crippen molar-refractivity contribution in [3.8, 4) is 0 Å². The fourth-order valence-corrected chi connectivity index (χ4v) is 3.26. The normalized spacial score (nSPS) is 11.9. The molecule has 0 aliphatic carbocycles. The molecule has 3 aromatic rings. The van der Waals surface area contributed by atoms with E-state index in [-0.39, 0.29) is 11.9 Å². The summed E-state index contributed by atoms with van der Waals surface area (Å²) in [5, 5.41) is 11.7. The van der Waals surface area contributed by atoms with Crippen LogP contribution in [0.25, 0.3) is 0 Å². The summed E-state index contributed by atoms with van der Waals surface area (Å²) >= 11 is 1.38. The largest absolute Gasteiger partial charge is 0.348 e. The molecule has 25 heavy (non-hydrogen) atoms. The third kappa shape index (κ3) is 4.93. The zero-order valence-corrected chi connectivity index (χ0v) is 14.8. The molecule has 0 bridgehead atoms. The van der Waals surface area contributed by atoms with Crippen molar-refractivity contribution in [3.63, 3.8) is 0 Å². The van der Waals surface area contributed by atoms with E-state index in [0.29, 0.717) is 5.75 Å². The number of aryl methyl sites for hydroxylation is 1. The van der Waals surface area contributed by atoms with E-state index >= 15 is 0 Å². The predicted molar refractivity (Wildman–Crippen MR) is 99.2 cm³/mol. The molecule has 1 amide bonds. The molecule has 3 rings (SSSR count). The highest BCUT2D eigenvalue weighted by Gasteiger charge is 2.16. The summed E-state index contributed by atoms with van der Waals surface area (Å²) in [6.45, 7) is 0. The van der Waals surface area contributed by atoms with Gasteiger partial charge in [0.05, 0.1) is 11.8 Å². The van der Waals surface area contributed by atoms with Crippen molar-refractivity contribution in [2.24, 2.45) is 7.05 Å². The van der Waals surface area contributed by atoms with Crippen LogP contribution in [0.1, 0.15) is 17.2 Å². The Morgan fingerprint density at radius 3 is 2.44 bits per heavy atom. The van der Waals surface area contributed by atoms with Gasteiger partial charge >= 0.3 is 0 Å². The highest BCUT2D eigenvalue weighted by atomic mass is 32.2. The Morgan fingerprint density at radius 1 is 1.12 bits per heavy atom. The van der Waals surface area contributed by atoms with Crippen LogP contribution in [0.2, 0.25) is 0 Å². The van der Waals surface area contributed by atoms with Crippen molar-refractivity contribution < 1.29 is 4.79 Å². The lowest BCUT2D eigenvalue weighted by Gasteiger charge is -2.19. The summed E-state index contributed by atoms with van der Waals surface area (Å²) in [5.74, 6) is 0.294. The average Bonchev–Trinajstić information content (AvgIpc) is 3.06. The molecule has 6 heteroatoms. The van der Waals surface area contributed by atoms with Crippen LogP contribution in [0.4, 0.5) is 0 Å². The minimum absolute atomic E-state index is 0.0159. The number of carbonyl (C=O) groups is 1. The SMILES string of the molecule is Cn1cnnc1SCC(=O)NC(Cc1ccccc1)c1ccccc1. The first kappa shape index (κ1) is 17.2. The summed E-state index contributed by atoms with van der Waals surface area (Å²) in [7, 11) is 1.86. The number of aromatic nitrogens is 3. The molecule has 0 fully saturated rings. The Hall–Kier alpha value is -2.60. The van der Waals surface area contributed by atoms with Gasteiger partial charge in [-0.05, 0) is 17.5 Å². The molecule has 2 aromatic carbocycles. The molecule has 0 radical (unpaired) electrons. The minimum Gasteiger partial charge on any atom is -0.348 e. The summed E-state index contributed by atoms with van der Waals surface area (Å²) in [6, 6.07) is 20.2. The second-order valence-electron chi connectivity index (χ2n) is 5.73. The quantitative estimate of drug-likeness (QED) is 0.664. The maximum absolute atomic E-state index is 12.4. The lowest BCUT2D eigenvalue weighted by Crippen LogP contribution is -2.31. The van der Waals surface area contributed by atoms with Gasteiger partial charge < -0.3 is 9.88 Å². The maximum Gasteiger partial charge on any atom is 0.230 e. The van der Waals surface area contributed by atoms with E-state index in [2.05, 4.69) is 27.6 Å². The van der Waals surface area contributed by atoms with Crippen LogP contribution in [-0.4, -0.2) is 26.4 Å². The monoisotopic (exact) mass is 352 g/mol. The van der Waals surface area contributed by atoms with Gasteiger partial charge in [0.2, 0.25) is 5.91 Å². The fraction of sp³-hybridized carbons (Fsp3) is 0.211. The van der Waals surface area contributed by atoms with Gasteiger partial charge in [-0.2, -0.15) is 0 Å². The Kier molecular flexibility index (Phi) is 5.85. The van der Waals surface area contributed by atoms with E-state index in [1.165, 1.54) is 17.3 Å². The zero-order valence-electron chi connectivity index (χ0n) is 14.0. The van der Waals surface area contributed by atoms with Crippen LogP contribution in [0, 0.1) is 0 Å². The van der Waals surface area contributed by atoms with Gasteiger partial charge in [0.1, 0.15) is 6.33 Å². The summed E-state index contributed by atoms with van der Waals surface area (Å²) in [6.07, 6.45) is 2.38. The van der Waals surface area contributed by atoms with Gasteiger partial charge in [0, 0.05) is 7.05 Å². The van der Waals surface area contributed by atoms with Crippen LogP contribution in [0.5, 0.6) is 0 Å². The molecule has 0 saturated carbocycles. The molecule has 1 atom stereocenters. The lowest BCUT2D eigenvalue weighted by molar-refractivity contribution is -0.119. The van der Waals surface area contributed by atoms with Crippen molar-refractivity contribution >= 4 is 17.7 Å². The van der Waals surface area contributed by atoms with E-state index < -0.39 is 0 Å². The number of nitrogens with zero attached hydrogens (tertiary/aromatic N) is 3. The van der Waals surface area contributed by atoms with Gasteiger partial charge in [-0.1, -0.05) is 72.4 Å². The first-order valence-electron chi connectivity index (χ1n) is 8.07. The molecule has 1 heterocycles. The van der Waals surface area contributed by atoms with E-state index in [0.717, 1.165) is 17.1 Å². The first-order chi connectivity index (χ1) is 12.2. The van der Waals surface area contributed by atoms with Crippen LogP contribution in [0.3, 0.4) is 0 Å². The van der Waals surface area contributed by atoms with Gasteiger partial charge in [0.15, 0.2) is 5.16 Å². The van der Waals surface area contributed by atoms with Crippen molar-refractivity contribution in [1.82, 2.24) is 20.1 Å². The average molecular weight is 352 g/mol. The van der Waals surface area contributed by atoms with Crippen LogP contribution in [0.15, 0.2) is 72.1 Å². The van der Waals surface area contributed by atoms with Crippen LogP contribution >= 0.6 is 11.8 Å². The molecule has 0 spiro atoms. The number of hydrogen-bond donors (Lipinski definition) is 1. The van der Waals surface area contributed by atoms with Gasteiger partial charge in [-0.15, -0.1) is 10.2 Å². The Bertz CT molecular complexity index is 805. The number of carbonyl (C=O) groups excluding carboxylic acids is 1. The maximum atomic E-state index is 12.4. The van der Waals surface area contributed by atoms with Crippen molar-refractivity contribution in [3.05, 3.63) is 78.1 Å². The molecule has 5 nitrogen and oxygen atoms in total. The summed E-state index contributed by atoms with van der Waals surface area (Å²) in [4.78, 5) is 12.4. The Morgan fingerprint density at radius 2 is 1.80 bits per heavy atom. The van der Waals surface area contributed by atoms with Gasteiger partial charge in [0.25, 0.3) is 0 Å². The third-order valence-electron chi connectivity index (χ3n) is 3.82. The van der Waals surface area contributed by atoms with Crippen molar-refractivity contribution in [2.75, 3.05) is 5.75 Å². The number of rotatable bonds is 7. The summed E-state index contributed by atoms with van der Waals surface area (Å²) in [5.41, 5.74) is 2.29. The first-order valence-corrected chi connectivity index (χ1v) is 9.06. The van der Waals surface area contributed by atoms with Gasteiger partial charge in [-0.3, -0.25) is 4.79 Å². The second kappa shape index (κ2) is 8.48. The highest BCUT2D eigenvalue weighted by molar-refractivity contribution is 7.99. The minimum atomic E-state index is -0.0591. The van der Waals surface area contributed by atoms with Crippen molar-refractivity contribution in [2.45, 2.75) is 17.6 Å². The topological polar surface area (TPSA) is 59.8 Å². The molecule has 0 saturated heterocycles. The fourth-order valence-electron chi connectivity index (χ4n) is 2.56. The third-order valence-corrected chi connectivity index (χ3v) is 4.86. The molecule has 0 aliphatic rings. The van der Waals surface area contributed by atoms with Crippen LogP contribution < -0.4 is 5.32 Å².